The number of amides is 1. The maximum atomic E-state index is 11.7. The topological polar surface area (TPSA) is 55.6 Å². The highest BCUT2D eigenvalue weighted by Gasteiger charge is 2.15. The van der Waals surface area contributed by atoms with Crippen LogP contribution >= 0.6 is 24.0 Å². The Morgan fingerprint density at radius 1 is 1.50 bits per heavy atom. The van der Waals surface area contributed by atoms with Crippen LogP contribution in [0.25, 0.3) is 0 Å². The van der Waals surface area contributed by atoms with Gasteiger partial charge in [0.2, 0.25) is 0 Å². The van der Waals surface area contributed by atoms with Gasteiger partial charge >= 0.3 is 0 Å². The highest BCUT2D eigenvalue weighted by atomic mass is 35.5. The number of hydrogen-bond acceptors (Lipinski definition) is 3. The van der Waals surface area contributed by atoms with Gasteiger partial charge in [-0.15, -0.1) is 12.4 Å². The smallest absolute Gasteiger partial charge is 0.260 e. The van der Waals surface area contributed by atoms with Crippen molar-refractivity contribution in [2.45, 2.75) is 13.0 Å². The van der Waals surface area contributed by atoms with Crippen molar-refractivity contribution in [3.05, 3.63) is 29.3 Å². The Hall–Kier alpha value is -0.970. The highest BCUT2D eigenvalue weighted by molar-refractivity contribution is 6.32. The lowest BCUT2D eigenvalue weighted by Gasteiger charge is -2.23. The maximum Gasteiger partial charge on any atom is 0.260 e. The van der Waals surface area contributed by atoms with Crippen LogP contribution in [-0.4, -0.2) is 37.0 Å². The van der Waals surface area contributed by atoms with Crippen LogP contribution in [0.1, 0.15) is 6.92 Å². The third kappa shape index (κ3) is 4.72. The summed E-state index contributed by atoms with van der Waals surface area (Å²) in [7, 11) is 1.70. The number of benzene rings is 1. The minimum Gasteiger partial charge on any atom is -0.482 e. The SMILES string of the molecule is CC(CN)N(C)C(=O)COc1ccccc1Cl.Cl. The van der Waals surface area contributed by atoms with Gasteiger partial charge in [0.25, 0.3) is 5.91 Å². The molecule has 0 fully saturated rings. The van der Waals surface area contributed by atoms with E-state index in [0.717, 1.165) is 0 Å². The van der Waals surface area contributed by atoms with Crippen LogP contribution in [0.4, 0.5) is 0 Å². The molecule has 0 radical (unpaired) electrons. The van der Waals surface area contributed by atoms with E-state index >= 15 is 0 Å². The molecule has 0 aliphatic rings. The van der Waals surface area contributed by atoms with Gasteiger partial charge in [-0.05, 0) is 19.1 Å². The number of nitrogens with zero attached hydrogens (tertiary/aromatic N) is 1. The lowest BCUT2D eigenvalue weighted by Crippen LogP contribution is -2.42. The Kier molecular flexibility index (Phi) is 7.75. The van der Waals surface area contributed by atoms with E-state index in [0.29, 0.717) is 17.3 Å². The molecule has 1 aromatic rings. The highest BCUT2D eigenvalue weighted by Crippen LogP contribution is 2.22. The summed E-state index contributed by atoms with van der Waals surface area (Å²) >= 11 is 5.91. The monoisotopic (exact) mass is 292 g/mol. The fourth-order valence-electron chi connectivity index (χ4n) is 1.21. The van der Waals surface area contributed by atoms with Gasteiger partial charge in [0, 0.05) is 19.6 Å². The minimum absolute atomic E-state index is 0. The second-order valence-corrected chi connectivity index (χ2v) is 4.22. The Morgan fingerprint density at radius 3 is 2.67 bits per heavy atom. The van der Waals surface area contributed by atoms with E-state index in [2.05, 4.69) is 0 Å². The van der Waals surface area contributed by atoms with Gasteiger partial charge in [-0.3, -0.25) is 4.79 Å². The molecular weight excluding hydrogens is 275 g/mol. The molecule has 18 heavy (non-hydrogen) atoms. The van der Waals surface area contributed by atoms with Gasteiger partial charge in [0.1, 0.15) is 5.75 Å². The number of hydrogen-bond donors (Lipinski definition) is 1. The quantitative estimate of drug-likeness (QED) is 0.902. The van der Waals surface area contributed by atoms with E-state index in [-0.39, 0.29) is 31.0 Å². The molecular formula is C12H18Cl2N2O2. The summed E-state index contributed by atoms with van der Waals surface area (Å²) in [4.78, 5) is 13.3. The molecule has 0 aromatic heterocycles. The van der Waals surface area contributed by atoms with Gasteiger partial charge in [-0.1, -0.05) is 23.7 Å². The normalized spacial score (nSPS) is 11.3. The second-order valence-electron chi connectivity index (χ2n) is 3.81. The summed E-state index contributed by atoms with van der Waals surface area (Å²) in [6, 6.07) is 7.05. The molecule has 1 unspecified atom stereocenters. The molecule has 6 heteroatoms. The first-order chi connectivity index (χ1) is 8.06. The second kappa shape index (κ2) is 8.19. The van der Waals surface area contributed by atoms with Crippen LogP contribution in [0.3, 0.4) is 0 Å². The standard InChI is InChI=1S/C12H17ClN2O2.ClH/c1-9(7-14)15(2)12(16)8-17-11-6-4-3-5-10(11)13;/h3-6,9H,7-8,14H2,1-2H3;1H. The molecule has 1 aromatic carbocycles. The van der Waals surface area contributed by atoms with Crippen LogP contribution < -0.4 is 10.5 Å². The summed E-state index contributed by atoms with van der Waals surface area (Å²) in [5.41, 5.74) is 5.49. The molecule has 0 spiro atoms. The summed E-state index contributed by atoms with van der Waals surface area (Å²) in [5.74, 6) is 0.388. The van der Waals surface area contributed by atoms with Crippen LogP contribution in [0, 0.1) is 0 Å². The van der Waals surface area contributed by atoms with Gasteiger partial charge < -0.3 is 15.4 Å². The van der Waals surface area contributed by atoms with E-state index in [1.165, 1.54) is 0 Å². The van der Waals surface area contributed by atoms with Crippen LogP contribution in [0.5, 0.6) is 5.75 Å². The summed E-state index contributed by atoms with van der Waals surface area (Å²) in [6.45, 7) is 2.27. The Morgan fingerprint density at radius 2 is 2.11 bits per heavy atom. The molecule has 1 amide bonds. The largest absolute Gasteiger partial charge is 0.482 e. The van der Waals surface area contributed by atoms with Crippen molar-refractivity contribution in [1.29, 1.82) is 0 Å². The summed E-state index contributed by atoms with van der Waals surface area (Å²) < 4.78 is 5.35. The fourth-order valence-corrected chi connectivity index (χ4v) is 1.40. The van der Waals surface area contributed by atoms with E-state index in [1.54, 1.807) is 36.2 Å². The number of ether oxygens (including phenoxy) is 1. The number of likely N-dealkylation sites (N-methyl/N-ethyl adjacent to an activating group) is 1. The van der Waals surface area contributed by atoms with Crippen molar-refractivity contribution in [1.82, 2.24) is 4.90 Å². The van der Waals surface area contributed by atoms with Crippen molar-refractivity contribution >= 4 is 29.9 Å². The number of carbonyl (C=O) groups is 1. The third-order valence-electron chi connectivity index (χ3n) is 2.58. The Balaban J connectivity index is 0.00000289. The molecule has 4 nitrogen and oxygen atoms in total. The zero-order valence-electron chi connectivity index (χ0n) is 10.4. The van der Waals surface area contributed by atoms with Crippen molar-refractivity contribution < 1.29 is 9.53 Å². The lowest BCUT2D eigenvalue weighted by atomic mass is 10.3. The predicted octanol–water partition coefficient (Wildman–Crippen LogP) is 1.95. The Bertz CT molecular complexity index is 388. The number of nitrogens with two attached hydrogens (primary N) is 1. The van der Waals surface area contributed by atoms with E-state index in [9.17, 15) is 4.79 Å². The molecule has 1 atom stereocenters. The van der Waals surface area contributed by atoms with Gasteiger partial charge in [0.15, 0.2) is 6.61 Å². The van der Waals surface area contributed by atoms with Crippen molar-refractivity contribution in [3.8, 4) is 5.75 Å². The fraction of sp³-hybridized carbons (Fsp3) is 0.417. The van der Waals surface area contributed by atoms with Crippen LogP contribution in [0.2, 0.25) is 5.02 Å². The molecule has 102 valence electrons. The lowest BCUT2D eigenvalue weighted by molar-refractivity contribution is -0.133. The predicted molar refractivity (Wildman–Crippen MR) is 75.5 cm³/mol. The minimum atomic E-state index is -0.122. The summed E-state index contributed by atoms with van der Waals surface area (Å²) in [5, 5.41) is 0.495. The Labute approximate surface area is 118 Å². The number of carbonyl (C=O) groups excluding carboxylic acids is 1. The van der Waals surface area contributed by atoms with Gasteiger partial charge in [0.05, 0.1) is 5.02 Å². The van der Waals surface area contributed by atoms with Crippen molar-refractivity contribution in [2.24, 2.45) is 5.73 Å². The first kappa shape index (κ1) is 17.0. The zero-order chi connectivity index (χ0) is 12.8. The van der Waals surface area contributed by atoms with Gasteiger partial charge in [-0.2, -0.15) is 0 Å². The number of rotatable bonds is 5. The molecule has 0 saturated heterocycles. The number of halogens is 2. The molecule has 0 bridgehead atoms. The van der Waals surface area contributed by atoms with Crippen LogP contribution in [0.15, 0.2) is 24.3 Å². The number of para-hydroxylation sites is 1. The average molecular weight is 293 g/mol. The molecule has 2 N–H and O–H groups in total. The van der Waals surface area contributed by atoms with Gasteiger partial charge in [-0.25, -0.2) is 0 Å². The molecule has 0 aliphatic heterocycles. The maximum absolute atomic E-state index is 11.7. The zero-order valence-corrected chi connectivity index (χ0v) is 12.0. The summed E-state index contributed by atoms with van der Waals surface area (Å²) in [6.07, 6.45) is 0. The molecule has 0 heterocycles. The molecule has 1 rings (SSSR count). The third-order valence-corrected chi connectivity index (χ3v) is 2.90. The van der Waals surface area contributed by atoms with Crippen molar-refractivity contribution in [3.63, 3.8) is 0 Å². The molecule has 0 aliphatic carbocycles. The molecule has 0 saturated carbocycles. The average Bonchev–Trinajstić information content (AvgIpc) is 2.35. The van der Waals surface area contributed by atoms with Crippen LogP contribution in [-0.2, 0) is 4.79 Å². The van der Waals surface area contributed by atoms with E-state index in [4.69, 9.17) is 22.1 Å². The van der Waals surface area contributed by atoms with E-state index < -0.39 is 0 Å². The first-order valence-electron chi connectivity index (χ1n) is 5.39. The first-order valence-corrected chi connectivity index (χ1v) is 5.77. The van der Waals surface area contributed by atoms with Crippen molar-refractivity contribution in [2.75, 3.05) is 20.2 Å². The van der Waals surface area contributed by atoms with E-state index in [1.807, 2.05) is 6.92 Å².